The van der Waals surface area contributed by atoms with E-state index in [-0.39, 0.29) is 45.0 Å². The van der Waals surface area contributed by atoms with E-state index in [4.69, 9.17) is 18.9 Å². The molecule has 1 aliphatic heterocycles. The van der Waals surface area contributed by atoms with Crippen molar-refractivity contribution in [1.29, 1.82) is 0 Å². The summed E-state index contributed by atoms with van der Waals surface area (Å²) in [6.45, 7) is 0.174. The molecular formula is C52H55N3O9. The number of aliphatic hydroxyl groups is 1. The number of hydrogen-bond donors (Lipinski definition) is 4. The van der Waals surface area contributed by atoms with Crippen molar-refractivity contribution in [3.8, 4) is 16.9 Å². The predicted molar refractivity (Wildman–Crippen MR) is 242 cm³/mol. The molecule has 0 fully saturated rings. The number of rotatable bonds is 15. The van der Waals surface area contributed by atoms with Crippen LogP contribution < -0.4 is 20.7 Å². The maximum absolute atomic E-state index is 14.1. The van der Waals surface area contributed by atoms with E-state index in [0.717, 1.165) is 33.4 Å². The maximum atomic E-state index is 14.1. The smallest absolute Gasteiger partial charge is 0.407 e. The molecule has 2 aliphatic rings. The van der Waals surface area contributed by atoms with E-state index >= 15 is 0 Å². The van der Waals surface area contributed by atoms with Crippen LogP contribution in [0.4, 0.5) is 4.79 Å². The maximum Gasteiger partial charge on any atom is 0.407 e. The highest BCUT2D eigenvalue weighted by atomic mass is 16.6. The normalized spacial score (nSPS) is 19.3. The lowest BCUT2D eigenvalue weighted by Crippen LogP contribution is -2.49. The zero-order valence-corrected chi connectivity index (χ0v) is 35.9. The molecule has 0 radical (unpaired) electrons. The second-order valence-electron chi connectivity index (χ2n) is 16.1. The highest BCUT2D eigenvalue weighted by molar-refractivity contribution is 5.86. The molecule has 0 spiro atoms. The number of cyclic esters (lactones) is 1. The highest BCUT2D eigenvalue weighted by Crippen LogP contribution is 2.44. The molecule has 1 heterocycles. The van der Waals surface area contributed by atoms with Gasteiger partial charge in [0.2, 0.25) is 11.8 Å². The minimum Gasteiger partial charge on any atom is -0.489 e. The zero-order chi connectivity index (χ0) is 44.7. The first-order valence-corrected chi connectivity index (χ1v) is 21.8. The summed E-state index contributed by atoms with van der Waals surface area (Å²) in [6, 6.07) is 39.9. The quantitative estimate of drug-likeness (QED) is 0.0623. The first-order chi connectivity index (χ1) is 31.3. The third kappa shape index (κ3) is 12.0. The number of ether oxygens (including phenoxy) is 4. The van der Waals surface area contributed by atoms with Gasteiger partial charge < -0.3 is 40.0 Å². The van der Waals surface area contributed by atoms with Gasteiger partial charge >= 0.3 is 12.1 Å². The number of aliphatic hydroxyl groups excluding tert-OH is 1. The summed E-state index contributed by atoms with van der Waals surface area (Å²) in [7, 11) is 1.48. The second-order valence-corrected chi connectivity index (χ2v) is 16.1. The van der Waals surface area contributed by atoms with Crippen molar-refractivity contribution in [2.45, 2.75) is 68.9 Å². The Labute approximate surface area is 374 Å². The van der Waals surface area contributed by atoms with Crippen LogP contribution in [0.25, 0.3) is 11.1 Å². The van der Waals surface area contributed by atoms with E-state index < -0.39 is 54.0 Å². The molecule has 1 aliphatic carbocycles. The largest absolute Gasteiger partial charge is 0.489 e. The average Bonchev–Trinajstić information content (AvgIpc) is 3.64. The van der Waals surface area contributed by atoms with Gasteiger partial charge in [0, 0.05) is 19.4 Å². The topological polar surface area (TPSA) is 162 Å². The number of amides is 3. The Hall–Kier alpha value is -6.76. The van der Waals surface area contributed by atoms with E-state index in [9.17, 15) is 24.3 Å². The van der Waals surface area contributed by atoms with Gasteiger partial charge in [-0.3, -0.25) is 9.59 Å². The van der Waals surface area contributed by atoms with E-state index in [1.807, 2.05) is 103 Å². The summed E-state index contributed by atoms with van der Waals surface area (Å²) in [5.74, 6) is -1.81. The molecule has 12 heteroatoms. The Kier molecular flexibility index (Phi) is 15.9. The molecule has 12 nitrogen and oxygen atoms in total. The van der Waals surface area contributed by atoms with Gasteiger partial charge in [-0.15, -0.1) is 0 Å². The van der Waals surface area contributed by atoms with E-state index in [1.165, 1.54) is 7.11 Å². The lowest BCUT2D eigenvalue weighted by atomic mass is 9.96. The molecule has 4 N–H and O–H groups in total. The molecule has 332 valence electrons. The van der Waals surface area contributed by atoms with Crippen molar-refractivity contribution in [2.75, 3.05) is 26.9 Å². The summed E-state index contributed by atoms with van der Waals surface area (Å²) in [5, 5.41) is 18.9. The SMILES string of the molecule is COCC1NC(=O)C(CC(=O)NC(CO)Cc2ccc(OCc3ccccc3)cc2)CC=CCCC(NC(=O)OCC2c3ccccc3-c3ccccc32)C(=O)OC1c1ccccc1. The Morgan fingerprint density at radius 1 is 0.797 bits per heavy atom. The third-order valence-corrected chi connectivity index (χ3v) is 11.6. The van der Waals surface area contributed by atoms with Gasteiger partial charge in [-0.2, -0.15) is 0 Å². The van der Waals surface area contributed by atoms with E-state index in [0.29, 0.717) is 30.8 Å². The minimum absolute atomic E-state index is 0.0273. The summed E-state index contributed by atoms with van der Waals surface area (Å²) >= 11 is 0. The van der Waals surface area contributed by atoms with Gasteiger partial charge in [0.15, 0.2) is 0 Å². The summed E-state index contributed by atoms with van der Waals surface area (Å²) in [4.78, 5) is 55.2. The summed E-state index contributed by atoms with van der Waals surface area (Å²) < 4.78 is 23.4. The van der Waals surface area contributed by atoms with Crippen molar-refractivity contribution >= 4 is 23.9 Å². The molecule has 7 rings (SSSR count). The molecule has 0 saturated carbocycles. The fraction of sp³-hybridized carbons (Fsp3) is 0.308. The number of alkyl carbamates (subject to hydrolysis) is 1. The molecule has 0 saturated heterocycles. The molecular weight excluding hydrogens is 811 g/mol. The molecule has 5 aromatic rings. The fourth-order valence-corrected chi connectivity index (χ4v) is 8.29. The highest BCUT2D eigenvalue weighted by Gasteiger charge is 2.35. The lowest BCUT2D eigenvalue weighted by Gasteiger charge is -2.30. The molecule has 5 unspecified atom stereocenters. The van der Waals surface area contributed by atoms with Crippen LogP contribution in [0.1, 0.15) is 65.5 Å². The number of nitrogens with one attached hydrogen (secondary N) is 3. The minimum atomic E-state index is -1.08. The van der Waals surface area contributed by atoms with Crippen molar-refractivity contribution in [1.82, 2.24) is 16.0 Å². The second kappa shape index (κ2) is 22.5. The third-order valence-electron chi connectivity index (χ3n) is 11.6. The van der Waals surface area contributed by atoms with E-state index in [2.05, 4.69) is 28.1 Å². The Balaban J connectivity index is 1.01. The van der Waals surface area contributed by atoms with Crippen LogP contribution in [-0.2, 0) is 41.6 Å². The summed E-state index contributed by atoms with van der Waals surface area (Å²) in [5.41, 5.74) is 6.88. The van der Waals surface area contributed by atoms with Gasteiger partial charge in [0.25, 0.3) is 0 Å². The van der Waals surface area contributed by atoms with Crippen LogP contribution in [-0.4, -0.2) is 74.0 Å². The summed E-state index contributed by atoms with van der Waals surface area (Å²) in [6.07, 6.45) is 2.79. The molecule has 5 aromatic carbocycles. The van der Waals surface area contributed by atoms with Crippen LogP contribution in [0.2, 0.25) is 0 Å². The van der Waals surface area contributed by atoms with Crippen molar-refractivity contribution in [3.05, 3.63) is 173 Å². The number of carbonyl (C=O) groups is 4. The number of benzene rings is 5. The standard InChI is InChI=1S/C52H55N3O9/c1-61-34-47-49(37-17-7-3-8-18-37)64-51(59)46(55-52(60)63-33-45-43-22-13-11-20-41(43)42-21-12-14-23-44(42)45)24-10-4-9-19-38(50(58)54-47)30-48(57)53-39(31-56)29-35-25-27-40(28-26-35)62-32-36-15-5-2-6-16-36/h2-9,11-18,20-23,25-28,38-39,45-47,49,56H,10,19,24,29-34H2,1H3,(H,53,57)(H,54,58)(H,55,60). The monoisotopic (exact) mass is 865 g/mol. The predicted octanol–water partition coefficient (Wildman–Crippen LogP) is 7.35. The molecule has 5 atom stereocenters. The fourth-order valence-electron chi connectivity index (χ4n) is 8.29. The lowest BCUT2D eigenvalue weighted by molar-refractivity contribution is -0.155. The van der Waals surface area contributed by atoms with Crippen molar-refractivity contribution < 1.29 is 43.2 Å². The van der Waals surface area contributed by atoms with Crippen molar-refractivity contribution in [2.24, 2.45) is 5.92 Å². The van der Waals surface area contributed by atoms with Crippen LogP contribution in [0.3, 0.4) is 0 Å². The average molecular weight is 866 g/mol. The number of esters is 1. The number of carbonyl (C=O) groups excluding carboxylic acids is 4. The molecule has 0 bridgehead atoms. The van der Waals surface area contributed by atoms with Gasteiger partial charge in [-0.1, -0.05) is 133 Å². The van der Waals surface area contributed by atoms with Gasteiger partial charge in [0.1, 0.15) is 31.1 Å². The number of allylic oxidation sites excluding steroid dienone is 2. The van der Waals surface area contributed by atoms with Crippen LogP contribution in [0, 0.1) is 5.92 Å². The molecule has 64 heavy (non-hydrogen) atoms. The Bertz CT molecular complexity index is 2310. The molecule has 3 amide bonds. The van der Waals surface area contributed by atoms with Crippen LogP contribution in [0.15, 0.2) is 146 Å². The Morgan fingerprint density at radius 3 is 2.12 bits per heavy atom. The first-order valence-electron chi connectivity index (χ1n) is 21.8. The van der Waals surface area contributed by atoms with Gasteiger partial charge in [-0.25, -0.2) is 9.59 Å². The zero-order valence-electron chi connectivity index (χ0n) is 35.9. The number of fused-ring (bicyclic) bond motifs is 3. The Morgan fingerprint density at radius 2 is 1.45 bits per heavy atom. The van der Waals surface area contributed by atoms with Crippen LogP contribution >= 0.6 is 0 Å². The van der Waals surface area contributed by atoms with Crippen LogP contribution in [0.5, 0.6) is 5.75 Å². The van der Waals surface area contributed by atoms with Gasteiger partial charge in [0.05, 0.1) is 31.2 Å². The first kappa shape index (κ1) is 45.3. The van der Waals surface area contributed by atoms with E-state index in [1.54, 1.807) is 30.3 Å². The molecule has 0 aromatic heterocycles. The number of methoxy groups -OCH3 is 1. The van der Waals surface area contributed by atoms with Gasteiger partial charge in [-0.05, 0) is 76.8 Å². The van der Waals surface area contributed by atoms with Crippen molar-refractivity contribution in [3.63, 3.8) is 0 Å². The number of hydrogen-bond acceptors (Lipinski definition) is 9.